The molecule has 0 spiro atoms. The maximum atomic E-state index is 13.1. The van der Waals surface area contributed by atoms with Crippen molar-refractivity contribution in [2.75, 3.05) is 11.9 Å². The number of aliphatic hydroxyl groups is 1. The van der Waals surface area contributed by atoms with Crippen LogP contribution >= 0.6 is 0 Å². The number of rotatable bonds is 4. The van der Waals surface area contributed by atoms with E-state index in [1.807, 2.05) is 0 Å². The van der Waals surface area contributed by atoms with Gasteiger partial charge in [-0.15, -0.1) is 0 Å². The van der Waals surface area contributed by atoms with E-state index < -0.39 is 47.7 Å². The van der Waals surface area contributed by atoms with Crippen molar-refractivity contribution in [1.82, 2.24) is 0 Å². The number of nitrogens with one attached hydrogen (secondary N) is 1. The van der Waals surface area contributed by atoms with Crippen molar-refractivity contribution < 1.29 is 45.8 Å². The number of hydrogen-bond acceptors (Lipinski definition) is 4. The summed E-state index contributed by atoms with van der Waals surface area (Å²) < 4.78 is 79.6. The van der Waals surface area contributed by atoms with E-state index in [0.717, 1.165) is 0 Å². The molecule has 1 rings (SSSR count). The fourth-order valence-corrected chi connectivity index (χ4v) is 1.63. The largest absolute Gasteiger partial charge is 0.471 e. The maximum absolute atomic E-state index is 13.1. The molecule has 0 aliphatic carbocycles. The third kappa shape index (κ3) is 3.96. The van der Waals surface area contributed by atoms with Gasteiger partial charge >= 0.3 is 24.2 Å². The molecule has 0 aliphatic rings. The lowest BCUT2D eigenvalue weighted by molar-refractivity contribution is -0.267. The standard InChI is InChI=1S/C13H11F6NO4/c1-2-24-10(22)11(23,13(17,18)19)7-3-5-8(6-4-7)20-9(21)12(14,15)16/h3-6,23H,2H2,1H3,(H,20,21)/t11-/m1/s1. The molecule has 0 unspecified atom stereocenters. The predicted molar refractivity (Wildman–Crippen MR) is 67.7 cm³/mol. The third-order valence-corrected chi connectivity index (χ3v) is 2.80. The van der Waals surface area contributed by atoms with Crippen molar-refractivity contribution in [2.24, 2.45) is 0 Å². The van der Waals surface area contributed by atoms with Crippen LogP contribution in [0.1, 0.15) is 12.5 Å². The molecule has 0 aliphatic heterocycles. The Morgan fingerprint density at radius 1 is 1.08 bits per heavy atom. The molecule has 1 atom stereocenters. The number of halogens is 6. The normalized spacial score (nSPS) is 14.7. The van der Waals surface area contributed by atoms with Crippen LogP contribution in [0.4, 0.5) is 32.0 Å². The molecule has 24 heavy (non-hydrogen) atoms. The summed E-state index contributed by atoms with van der Waals surface area (Å²) in [6, 6.07) is 2.45. The van der Waals surface area contributed by atoms with Gasteiger partial charge in [-0.25, -0.2) is 4.79 Å². The van der Waals surface area contributed by atoms with Crippen molar-refractivity contribution in [3.05, 3.63) is 29.8 Å². The van der Waals surface area contributed by atoms with E-state index >= 15 is 0 Å². The lowest BCUT2D eigenvalue weighted by atomic mass is 9.93. The number of hydrogen-bond donors (Lipinski definition) is 2. The number of ether oxygens (including phenoxy) is 1. The van der Waals surface area contributed by atoms with Crippen molar-refractivity contribution in [2.45, 2.75) is 24.9 Å². The van der Waals surface area contributed by atoms with Crippen molar-refractivity contribution in [3.63, 3.8) is 0 Å². The Balaban J connectivity index is 3.16. The summed E-state index contributed by atoms with van der Waals surface area (Å²) in [4.78, 5) is 22.2. The molecule has 0 fully saturated rings. The summed E-state index contributed by atoms with van der Waals surface area (Å²) in [5.41, 5.74) is -5.44. The third-order valence-electron chi connectivity index (χ3n) is 2.80. The van der Waals surface area contributed by atoms with Gasteiger partial charge in [-0.2, -0.15) is 26.3 Å². The van der Waals surface area contributed by atoms with Gasteiger partial charge in [0.2, 0.25) is 0 Å². The first-order chi connectivity index (χ1) is 10.8. The summed E-state index contributed by atoms with van der Waals surface area (Å²) in [5.74, 6) is -4.31. The van der Waals surface area contributed by atoms with Gasteiger partial charge in [-0.1, -0.05) is 12.1 Å². The number of benzene rings is 1. The highest BCUT2D eigenvalue weighted by Gasteiger charge is 2.62. The number of carbonyl (C=O) groups is 2. The Bertz CT molecular complexity index is 610. The van der Waals surface area contributed by atoms with Crippen LogP contribution < -0.4 is 5.32 Å². The first-order valence-electron chi connectivity index (χ1n) is 6.29. The molecule has 1 amide bonds. The molecule has 0 saturated heterocycles. The number of anilines is 1. The van der Waals surface area contributed by atoms with E-state index in [1.54, 1.807) is 0 Å². The zero-order valence-corrected chi connectivity index (χ0v) is 12.0. The van der Waals surface area contributed by atoms with Crippen LogP contribution in [-0.4, -0.2) is 35.9 Å². The topological polar surface area (TPSA) is 75.6 Å². The fraction of sp³-hybridized carbons (Fsp3) is 0.385. The van der Waals surface area contributed by atoms with Crippen LogP contribution in [0, 0.1) is 0 Å². The molecule has 0 bridgehead atoms. The highest BCUT2D eigenvalue weighted by molar-refractivity contribution is 5.95. The molecular weight excluding hydrogens is 348 g/mol. The molecule has 0 aromatic heterocycles. The lowest BCUT2D eigenvalue weighted by Crippen LogP contribution is -2.50. The van der Waals surface area contributed by atoms with Crippen molar-refractivity contribution in [1.29, 1.82) is 0 Å². The Kier molecular flexibility index (Phi) is 5.49. The van der Waals surface area contributed by atoms with Crippen LogP contribution in [0.15, 0.2) is 24.3 Å². The summed E-state index contributed by atoms with van der Waals surface area (Å²) >= 11 is 0. The minimum atomic E-state index is -5.43. The van der Waals surface area contributed by atoms with Gasteiger partial charge in [-0.3, -0.25) is 4.79 Å². The van der Waals surface area contributed by atoms with Crippen LogP contribution in [0.3, 0.4) is 0 Å². The first-order valence-corrected chi connectivity index (χ1v) is 6.29. The molecule has 5 nitrogen and oxygen atoms in total. The summed E-state index contributed by atoms with van der Waals surface area (Å²) in [5, 5.41) is 11.2. The zero-order chi connectivity index (χ0) is 18.8. The van der Waals surface area contributed by atoms with E-state index in [2.05, 4.69) is 4.74 Å². The smallest absolute Gasteiger partial charge is 0.463 e. The molecule has 11 heteroatoms. The summed E-state index contributed by atoms with van der Waals surface area (Å²) in [6.45, 7) is 0.793. The Hall–Kier alpha value is -2.30. The highest BCUT2D eigenvalue weighted by Crippen LogP contribution is 2.40. The van der Waals surface area contributed by atoms with Crippen LogP contribution in [-0.2, 0) is 19.9 Å². The second-order valence-electron chi connectivity index (χ2n) is 4.46. The molecular formula is C13H11F6NO4. The molecule has 134 valence electrons. The second-order valence-corrected chi connectivity index (χ2v) is 4.46. The minimum absolute atomic E-state index is 0.434. The zero-order valence-electron chi connectivity index (χ0n) is 12.0. The molecule has 1 aromatic rings. The quantitative estimate of drug-likeness (QED) is 0.640. The number of amides is 1. The number of alkyl halides is 6. The van der Waals surface area contributed by atoms with E-state index in [0.29, 0.717) is 24.3 Å². The number of carbonyl (C=O) groups excluding carboxylic acids is 2. The monoisotopic (exact) mass is 359 g/mol. The van der Waals surface area contributed by atoms with E-state index in [-0.39, 0.29) is 0 Å². The van der Waals surface area contributed by atoms with Gasteiger partial charge in [0.1, 0.15) is 0 Å². The lowest BCUT2D eigenvalue weighted by Gasteiger charge is -2.28. The molecule has 0 radical (unpaired) electrons. The molecule has 1 aromatic carbocycles. The Morgan fingerprint density at radius 2 is 1.58 bits per heavy atom. The van der Waals surface area contributed by atoms with Crippen LogP contribution in [0.5, 0.6) is 0 Å². The molecule has 0 heterocycles. The maximum Gasteiger partial charge on any atom is 0.471 e. The molecule has 2 N–H and O–H groups in total. The van der Waals surface area contributed by atoms with Gasteiger partial charge in [0.25, 0.3) is 5.60 Å². The molecule has 0 saturated carbocycles. The minimum Gasteiger partial charge on any atom is -0.463 e. The Morgan fingerprint density at radius 3 is 1.96 bits per heavy atom. The first kappa shape index (κ1) is 19.7. The van der Waals surface area contributed by atoms with Gasteiger partial charge in [-0.05, 0) is 19.1 Å². The number of esters is 1. The average molecular weight is 359 g/mol. The van der Waals surface area contributed by atoms with Gasteiger partial charge in [0.05, 0.1) is 6.61 Å². The summed E-state index contributed by atoms with van der Waals surface area (Å²) in [6.07, 6.45) is -10.6. The van der Waals surface area contributed by atoms with Crippen LogP contribution in [0.2, 0.25) is 0 Å². The van der Waals surface area contributed by atoms with Crippen LogP contribution in [0.25, 0.3) is 0 Å². The Labute approximate surface area is 131 Å². The summed E-state index contributed by atoms with van der Waals surface area (Å²) in [7, 11) is 0. The highest BCUT2D eigenvalue weighted by atomic mass is 19.4. The SMILES string of the molecule is CCOC(=O)[C@](O)(c1ccc(NC(=O)C(F)(F)F)cc1)C(F)(F)F. The van der Waals surface area contributed by atoms with E-state index in [1.165, 1.54) is 12.2 Å². The van der Waals surface area contributed by atoms with E-state index in [4.69, 9.17) is 0 Å². The van der Waals surface area contributed by atoms with Gasteiger partial charge in [0.15, 0.2) is 0 Å². The fourth-order valence-electron chi connectivity index (χ4n) is 1.63. The van der Waals surface area contributed by atoms with Gasteiger partial charge in [0, 0.05) is 11.3 Å². The van der Waals surface area contributed by atoms with Crippen molar-refractivity contribution in [3.8, 4) is 0 Å². The van der Waals surface area contributed by atoms with Gasteiger partial charge < -0.3 is 15.2 Å². The van der Waals surface area contributed by atoms with Crippen molar-refractivity contribution >= 4 is 17.6 Å². The average Bonchev–Trinajstić information content (AvgIpc) is 2.45. The van der Waals surface area contributed by atoms with E-state index in [9.17, 15) is 41.0 Å². The predicted octanol–water partition coefficient (Wildman–Crippen LogP) is 2.50. The second kappa shape index (κ2) is 6.67.